The fourth-order valence-electron chi connectivity index (χ4n) is 4.09. The number of carbonyl (C=O) groups is 1. The third kappa shape index (κ3) is 5.65. The van der Waals surface area contributed by atoms with Gasteiger partial charge in [0, 0.05) is 30.5 Å². The first-order valence-corrected chi connectivity index (χ1v) is 11.5. The number of aliphatic hydroxyl groups is 1. The molecule has 0 bridgehead atoms. The lowest BCUT2D eigenvalue weighted by atomic mass is 9.95. The van der Waals surface area contributed by atoms with E-state index < -0.39 is 11.9 Å². The summed E-state index contributed by atoms with van der Waals surface area (Å²) in [6.07, 6.45) is 3.52. The van der Waals surface area contributed by atoms with E-state index in [-0.39, 0.29) is 24.9 Å². The summed E-state index contributed by atoms with van der Waals surface area (Å²) in [7, 11) is 1.56. The van der Waals surface area contributed by atoms with Crippen LogP contribution in [0.15, 0.2) is 77.9 Å². The number of halogens is 2. The number of hydrogen-bond donors (Lipinski definition) is 2. The van der Waals surface area contributed by atoms with E-state index in [0.29, 0.717) is 34.1 Å². The Morgan fingerprint density at radius 1 is 1.17 bits per heavy atom. The predicted octanol–water partition coefficient (Wildman–Crippen LogP) is 4.28. The highest BCUT2D eigenvalue weighted by Gasteiger charge is 2.28. The maximum absolute atomic E-state index is 13.4. The number of rotatable bonds is 9. The van der Waals surface area contributed by atoms with Gasteiger partial charge in [0.15, 0.2) is 0 Å². The van der Waals surface area contributed by atoms with E-state index in [1.165, 1.54) is 12.1 Å². The van der Waals surface area contributed by atoms with Crippen molar-refractivity contribution < 1.29 is 19.0 Å². The number of amides is 1. The lowest BCUT2D eigenvalue weighted by molar-refractivity contribution is 0.0868. The van der Waals surface area contributed by atoms with Gasteiger partial charge in [-0.2, -0.15) is 0 Å². The van der Waals surface area contributed by atoms with Crippen molar-refractivity contribution in [3.8, 4) is 0 Å². The molecule has 0 radical (unpaired) electrons. The molecule has 1 aliphatic rings. The lowest BCUT2D eigenvalue weighted by Gasteiger charge is -2.26. The van der Waals surface area contributed by atoms with Crippen molar-refractivity contribution in [2.75, 3.05) is 26.9 Å². The largest absolute Gasteiger partial charge is 0.394 e. The monoisotopic (exact) mass is 493 g/mol. The van der Waals surface area contributed by atoms with Gasteiger partial charge >= 0.3 is 0 Å². The molecule has 2 aromatic carbocycles. The molecule has 2 heterocycles. The summed E-state index contributed by atoms with van der Waals surface area (Å²) in [5.74, 6) is -1.06. The molecule has 35 heavy (non-hydrogen) atoms. The smallest absolute Gasteiger partial charge is 0.252 e. The van der Waals surface area contributed by atoms with Gasteiger partial charge in [-0.1, -0.05) is 35.9 Å². The SMILES string of the molecule is COCC(c1ccccn1)[C@H](CO)NC(=O)c1cccc(Cl)c1C1=NCC(c2ccc(F)cc2)=C1. The van der Waals surface area contributed by atoms with Crippen molar-refractivity contribution >= 4 is 28.8 Å². The Morgan fingerprint density at radius 2 is 1.97 bits per heavy atom. The molecule has 6 nitrogen and oxygen atoms in total. The number of nitrogens with one attached hydrogen (secondary N) is 1. The average Bonchev–Trinajstić information content (AvgIpc) is 3.36. The van der Waals surface area contributed by atoms with E-state index >= 15 is 0 Å². The summed E-state index contributed by atoms with van der Waals surface area (Å²) in [5.41, 5.74) is 3.85. The predicted molar refractivity (Wildman–Crippen MR) is 134 cm³/mol. The summed E-state index contributed by atoms with van der Waals surface area (Å²) < 4.78 is 18.7. The Morgan fingerprint density at radius 3 is 2.66 bits per heavy atom. The van der Waals surface area contributed by atoms with Crippen LogP contribution in [0.25, 0.3) is 5.57 Å². The topological polar surface area (TPSA) is 83.8 Å². The van der Waals surface area contributed by atoms with Crippen LogP contribution in [0.3, 0.4) is 0 Å². The fourth-order valence-corrected chi connectivity index (χ4v) is 4.36. The minimum atomic E-state index is -0.639. The summed E-state index contributed by atoms with van der Waals surface area (Å²) in [6.45, 7) is 0.352. The van der Waals surface area contributed by atoms with Crippen LogP contribution < -0.4 is 5.32 Å². The van der Waals surface area contributed by atoms with Crippen molar-refractivity contribution in [2.45, 2.75) is 12.0 Å². The normalized spacial score (nSPS) is 14.7. The number of hydrogen-bond acceptors (Lipinski definition) is 5. The average molecular weight is 494 g/mol. The van der Waals surface area contributed by atoms with Crippen LogP contribution >= 0.6 is 11.6 Å². The van der Waals surface area contributed by atoms with Gasteiger partial charge in [-0.25, -0.2) is 4.39 Å². The number of benzene rings is 2. The Hall–Kier alpha value is -3.39. The Labute approximate surface area is 208 Å². The van der Waals surface area contributed by atoms with Crippen LogP contribution in [0.2, 0.25) is 5.02 Å². The zero-order valence-electron chi connectivity index (χ0n) is 19.1. The molecule has 3 aromatic rings. The van der Waals surface area contributed by atoms with Gasteiger partial charge in [0.25, 0.3) is 5.91 Å². The number of aromatic nitrogens is 1. The molecule has 0 saturated carbocycles. The third-order valence-electron chi connectivity index (χ3n) is 5.87. The second-order valence-corrected chi connectivity index (χ2v) is 8.53. The number of methoxy groups -OCH3 is 1. The number of nitrogens with zero attached hydrogens (tertiary/aromatic N) is 2. The molecular formula is C27H25ClFN3O3. The number of pyridine rings is 1. The standard InChI is InChI=1S/C27H25ClFN3O3/c1-35-16-21(23-7-2-3-12-30-23)25(15-33)32-27(34)20-5-4-6-22(28)26(20)24-13-18(14-31-24)17-8-10-19(29)11-9-17/h2-13,21,25,33H,14-16H2,1H3,(H,32,34)/t21?,25-/m0/s1. The Kier molecular flexibility index (Phi) is 8.02. The number of ether oxygens (including phenoxy) is 1. The first kappa shape index (κ1) is 24.7. The lowest BCUT2D eigenvalue weighted by Crippen LogP contribution is -2.44. The van der Waals surface area contributed by atoms with Gasteiger partial charge < -0.3 is 15.2 Å². The molecule has 8 heteroatoms. The second-order valence-electron chi connectivity index (χ2n) is 8.12. The molecular weight excluding hydrogens is 469 g/mol. The molecule has 0 aliphatic carbocycles. The van der Waals surface area contributed by atoms with Crippen LogP contribution in [-0.4, -0.2) is 54.6 Å². The maximum Gasteiger partial charge on any atom is 0.252 e. The summed E-state index contributed by atoms with van der Waals surface area (Å²) in [6, 6.07) is 16.1. The highest BCUT2D eigenvalue weighted by Crippen LogP contribution is 2.28. The van der Waals surface area contributed by atoms with Crippen LogP contribution in [0.5, 0.6) is 0 Å². The minimum Gasteiger partial charge on any atom is -0.394 e. The molecule has 1 aliphatic heterocycles. The highest BCUT2D eigenvalue weighted by molar-refractivity contribution is 6.37. The molecule has 1 amide bonds. The van der Waals surface area contributed by atoms with E-state index in [2.05, 4.69) is 15.3 Å². The number of aliphatic imine (C=N–C) groups is 1. The van der Waals surface area contributed by atoms with Crippen LogP contribution in [0, 0.1) is 5.82 Å². The number of aliphatic hydroxyl groups excluding tert-OH is 1. The molecule has 2 N–H and O–H groups in total. The van der Waals surface area contributed by atoms with Crippen molar-refractivity contribution in [2.24, 2.45) is 4.99 Å². The fraction of sp³-hybridized carbons (Fsp3) is 0.222. The van der Waals surface area contributed by atoms with Gasteiger partial charge in [0.05, 0.1) is 42.1 Å². The Bertz CT molecular complexity index is 1250. The van der Waals surface area contributed by atoms with Crippen molar-refractivity contribution in [3.05, 3.63) is 106 Å². The van der Waals surface area contributed by atoms with Crippen LogP contribution in [-0.2, 0) is 4.74 Å². The molecule has 1 aromatic heterocycles. The van der Waals surface area contributed by atoms with Gasteiger partial charge in [-0.05, 0) is 53.6 Å². The molecule has 0 fully saturated rings. The van der Waals surface area contributed by atoms with E-state index in [0.717, 1.165) is 11.1 Å². The second kappa shape index (κ2) is 11.4. The first-order chi connectivity index (χ1) is 17.0. The number of allylic oxidation sites excluding steroid dienone is 1. The van der Waals surface area contributed by atoms with E-state index in [9.17, 15) is 14.3 Å². The molecule has 0 saturated heterocycles. The zero-order valence-corrected chi connectivity index (χ0v) is 19.9. The van der Waals surface area contributed by atoms with Gasteiger partial charge in [-0.3, -0.25) is 14.8 Å². The number of carbonyl (C=O) groups excluding carboxylic acids is 1. The van der Waals surface area contributed by atoms with Crippen molar-refractivity contribution in [1.29, 1.82) is 0 Å². The van der Waals surface area contributed by atoms with Gasteiger partial charge in [0.2, 0.25) is 0 Å². The quantitative estimate of drug-likeness (QED) is 0.466. The van der Waals surface area contributed by atoms with E-state index in [1.54, 1.807) is 49.7 Å². The van der Waals surface area contributed by atoms with E-state index in [4.69, 9.17) is 16.3 Å². The molecule has 4 rings (SSSR count). The maximum atomic E-state index is 13.4. The van der Waals surface area contributed by atoms with Crippen molar-refractivity contribution in [3.63, 3.8) is 0 Å². The van der Waals surface area contributed by atoms with Crippen molar-refractivity contribution in [1.82, 2.24) is 10.3 Å². The summed E-state index contributed by atoms with van der Waals surface area (Å²) in [5, 5.41) is 13.4. The molecule has 180 valence electrons. The summed E-state index contributed by atoms with van der Waals surface area (Å²) >= 11 is 6.53. The van der Waals surface area contributed by atoms with E-state index in [1.807, 2.05) is 18.2 Å². The molecule has 0 spiro atoms. The van der Waals surface area contributed by atoms with Crippen LogP contribution in [0.1, 0.15) is 33.1 Å². The minimum absolute atomic E-state index is 0.265. The van der Waals surface area contributed by atoms with Gasteiger partial charge in [0.1, 0.15) is 5.82 Å². The molecule has 1 unspecified atom stereocenters. The first-order valence-electron chi connectivity index (χ1n) is 11.1. The van der Waals surface area contributed by atoms with Gasteiger partial charge in [-0.15, -0.1) is 0 Å². The highest BCUT2D eigenvalue weighted by atomic mass is 35.5. The third-order valence-corrected chi connectivity index (χ3v) is 6.19. The van der Waals surface area contributed by atoms with Crippen LogP contribution in [0.4, 0.5) is 4.39 Å². The molecule has 2 atom stereocenters. The Balaban J connectivity index is 1.62. The summed E-state index contributed by atoms with van der Waals surface area (Å²) in [4.78, 5) is 22.4. The zero-order chi connectivity index (χ0) is 24.8.